The second-order valence-corrected chi connectivity index (χ2v) is 6.01. The summed E-state index contributed by atoms with van der Waals surface area (Å²) in [5.41, 5.74) is -0.463. The number of carbonyl (C=O) groups excluding carboxylic acids is 1. The van der Waals surface area contributed by atoms with E-state index >= 15 is 0 Å². The summed E-state index contributed by atoms with van der Waals surface area (Å²) in [5.74, 6) is -0.230. The van der Waals surface area contributed by atoms with Crippen LogP contribution in [0.3, 0.4) is 0 Å². The van der Waals surface area contributed by atoms with Crippen molar-refractivity contribution < 1.29 is 24.9 Å². The van der Waals surface area contributed by atoms with Gasteiger partial charge < -0.3 is 20.1 Å². The van der Waals surface area contributed by atoms with Gasteiger partial charge in [0.05, 0.1) is 18.5 Å². The molecule has 0 aliphatic carbocycles. The van der Waals surface area contributed by atoms with Gasteiger partial charge in [-0.2, -0.15) is 0 Å². The van der Waals surface area contributed by atoms with Crippen molar-refractivity contribution in [3.05, 3.63) is 0 Å². The van der Waals surface area contributed by atoms with E-state index in [0.29, 0.717) is 6.54 Å². The van der Waals surface area contributed by atoms with E-state index in [9.17, 15) is 9.90 Å². The lowest BCUT2D eigenvalue weighted by molar-refractivity contribution is -0.909. The normalized spacial score (nSPS) is 13.6. The van der Waals surface area contributed by atoms with Gasteiger partial charge in [-0.3, -0.25) is 4.79 Å². The zero-order valence-electron chi connectivity index (χ0n) is 13.9. The molecule has 0 aromatic rings. The molecule has 1 unspecified atom stereocenters. The molecular weight excluding hydrogens is 256 g/mol. The predicted molar refractivity (Wildman–Crippen MR) is 79.6 cm³/mol. The van der Waals surface area contributed by atoms with Crippen LogP contribution < -0.4 is 10.2 Å². The summed E-state index contributed by atoms with van der Waals surface area (Å²) in [5, 5.41) is 11.9. The van der Waals surface area contributed by atoms with Crippen molar-refractivity contribution in [2.45, 2.75) is 47.1 Å². The second kappa shape index (κ2) is 10.1. The molecule has 0 fully saturated rings. The first-order valence-corrected chi connectivity index (χ1v) is 7.87. The van der Waals surface area contributed by atoms with E-state index in [1.165, 1.54) is 0 Å². The fraction of sp³-hybridized carbons (Fsp3) is 0.933. The Kier molecular flexibility index (Phi) is 9.80. The van der Waals surface area contributed by atoms with Crippen molar-refractivity contribution >= 4 is 5.97 Å². The maximum Gasteiger partial charge on any atom is 0.311 e. The summed E-state index contributed by atoms with van der Waals surface area (Å²) < 4.78 is 5.17. The Bertz CT molecular complexity index is 266. The van der Waals surface area contributed by atoms with Crippen LogP contribution in [0.15, 0.2) is 0 Å². The largest absolute Gasteiger partial charge is 0.462 e. The molecule has 0 heterocycles. The van der Waals surface area contributed by atoms with Gasteiger partial charge in [-0.15, -0.1) is 0 Å². The van der Waals surface area contributed by atoms with Gasteiger partial charge in [0.1, 0.15) is 32.3 Å². The van der Waals surface area contributed by atoms with Crippen molar-refractivity contribution in [1.82, 2.24) is 0 Å². The van der Waals surface area contributed by atoms with Crippen molar-refractivity contribution in [2.75, 3.05) is 39.3 Å². The topological polar surface area (TPSA) is 67.6 Å². The number of likely N-dealkylation sites (N-methyl/N-ethyl adjacent to an activating group) is 1. The molecule has 120 valence electrons. The van der Waals surface area contributed by atoms with Gasteiger partial charge in [0.15, 0.2) is 0 Å². The molecular formula is C15H34N2O3+2. The summed E-state index contributed by atoms with van der Waals surface area (Å²) in [6.07, 6.45) is 0.152. The van der Waals surface area contributed by atoms with Crippen molar-refractivity contribution in [1.29, 1.82) is 0 Å². The molecule has 0 rings (SSSR count). The summed E-state index contributed by atoms with van der Waals surface area (Å²) >= 11 is 0. The van der Waals surface area contributed by atoms with E-state index in [2.05, 4.69) is 19.2 Å². The third-order valence-corrected chi connectivity index (χ3v) is 3.98. The number of esters is 1. The molecule has 4 N–H and O–H groups in total. The number of aliphatic hydroxyl groups is 1. The minimum Gasteiger partial charge on any atom is -0.462 e. The van der Waals surface area contributed by atoms with Crippen LogP contribution >= 0.6 is 0 Å². The standard InChI is InChI=1S/C15H32N2O3/c1-6-15(4,5)14(19)20-12-13(18)11-16-9-10-17(7-2)8-3/h13,16,18H,6-12H2,1-5H3/p+2. The van der Waals surface area contributed by atoms with Gasteiger partial charge in [-0.1, -0.05) is 6.92 Å². The molecule has 0 saturated carbocycles. The molecule has 5 nitrogen and oxygen atoms in total. The number of quaternary nitrogens is 2. The van der Waals surface area contributed by atoms with Crippen LogP contribution in [0.2, 0.25) is 0 Å². The average molecular weight is 290 g/mol. The first-order valence-electron chi connectivity index (χ1n) is 7.87. The highest BCUT2D eigenvalue weighted by Gasteiger charge is 2.27. The van der Waals surface area contributed by atoms with E-state index in [1.54, 1.807) is 4.90 Å². The van der Waals surface area contributed by atoms with E-state index in [1.807, 2.05) is 20.8 Å². The smallest absolute Gasteiger partial charge is 0.311 e. The number of rotatable bonds is 11. The number of nitrogens with two attached hydrogens (primary N) is 1. The number of carbonyl (C=O) groups is 1. The molecule has 0 aliphatic heterocycles. The third-order valence-electron chi connectivity index (χ3n) is 3.98. The number of hydrogen-bond donors (Lipinski definition) is 3. The predicted octanol–water partition coefficient (Wildman–Crippen LogP) is -1.19. The maximum atomic E-state index is 11.8. The van der Waals surface area contributed by atoms with Crippen molar-refractivity contribution in [3.8, 4) is 0 Å². The Morgan fingerprint density at radius 3 is 2.40 bits per heavy atom. The molecule has 0 aromatic carbocycles. The Balaban J connectivity index is 3.74. The zero-order chi connectivity index (χ0) is 15.6. The minimum atomic E-state index is -0.585. The van der Waals surface area contributed by atoms with Gasteiger partial charge in [0, 0.05) is 0 Å². The van der Waals surface area contributed by atoms with E-state index in [0.717, 1.165) is 32.6 Å². The monoisotopic (exact) mass is 290 g/mol. The molecule has 0 amide bonds. The van der Waals surface area contributed by atoms with Crippen molar-refractivity contribution in [3.63, 3.8) is 0 Å². The summed E-state index contributed by atoms with van der Waals surface area (Å²) in [6, 6.07) is 0. The molecule has 0 aromatic heterocycles. The molecule has 5 heteroatoms. The lowest BCUT2D eigenvalue weighted by atomic mass is 9.91. The fourth-order valence-electron chi connectivity index (χ4n) is 1.80. The third kappa shape index (κ3) is 7.82. The van der Waals surface area contributed by atoms with Gasteiger partial charge in [-0.05, 0) is 34.1 Å². The van der Waals surface area contributed by atoms with Crippen LogP contribution in [0.4, 0.5) is 0 Å². The van der Waals surface area contributed by atoms with E-state index in [-0.39, 0.29) is 12.6 Å². The average Bonchev–Trinajstić information content (AvgIpc) is 2.44. The van der Waals surface area contributed by atoms with E-state index in [4.69, 9.17) is 4.74 Å². The Hall–Kier alpha value is -0.650. The molecule has 20 heavy (non-hydrogen) atoms. The minimum absolute atomic E-state index is 0.0941. The summed E-state index contributed by atoms with van der Waals surface area (Å²) in [6.45, 7) is 15.1. The van der Waals surface area contributed by atoms with Gasteiger partial charge in [-0.25, -0.2) is 0 Å². The highest BCUT2D eigenvalue weighted by molar-refractivity contribution is 5.75. The lowest BCUT2D eigenvalue weighted by Crippen LogP contribution is -3.14. The maximum absolute atomic E-state index is 11.8. The second-order valence-electron chi connectivity index (χ2n) is 6.01. The first-order chi connectivity index (χ1) is 9.37. The molecule has 0 radical (unpaired) electrons. The summed E-state index contributed by atoms with van der Waals surface area (Å²) in [7, 11) is 0. The van der Waals surface area contributed by atoms with Crippen LogP contribution in [-0.2, 0) is 9.53 Å². The highest BCUT2D eigenvalue weighted by atomic mass is 16.5. The lowest BCUT2D eigenvalue weighted by Gasteiger charge is -2.21. The number of aliphatic hydroxyl groups excluding tert-OH is 1. The number of hydrogen-bond acceptors (Lipinski definition) is 3. The fourth-order valence-corrected chi connectivity index (χ4v) is 1.80. The van der Waals surface area contributed by atoms with Crippen LogP contribution in [0.25, 0.3) is 0 Å². The molecule has 0 saturated heterocycles. The SMILES string of the molecule is CC[NH+](CC)CC[NH2+]CC(O)COC(=O)C(C)(C)CC. The van der Waals surface area contributed by atoms with Crippen LogP contribution in [0, 0.1) is 5.41 Å². The van der Waals surface area contributed by atoms with Gasteiger partial charge >= 0.3 is 5.97 Å². The summed E-state index contributed by atoms with van der Waals surface area (Å²) in [4.78, 5) is 13.3. The molecule has 1 atom stereocenters. The van der Waals surface area contributed by atoms with Crippen molar-refractivity contribution in [2.24, 2.45) is 5.41 Å². The first kappa shape index (κ1) is 19.4. The van der Waals surface area contributed by atoms with Crippen LogP contribution in [0.5, 0.6) is 0 Å². The number of ether oxygens (including phenoxy) is 1. The zero-order valence-corrected chi connectivity index (χ0v) is 13.9. The van der Waals surface area contributed by atoms with Gasteiger partial charge in [0.25, 0.3) is 0 Å². The van der Waals surface area contributed by atoms with Gasteiger partial charge in [0.2, 0.25) is 0 Å². The molecule has 0 bridgehead atoms. The Labute approximate surface area is 123 Å². The molecule has 0 aliphatic rings. The van der Waals surface area contributed by atoms with Crippen LogP contribution in [-0.4, -0.2) is 56.5 Å². The Morgan fingerprint density at radius 1 is 1.30 bits per heavy atom. The molecule has 0 spiro atoms. The Morgan fingerprint density at radius 2 is 1.90 bits per heavy atom. The van der Waals surface area contributed by atoms with E-state index < -0.39 is 11.5 Å². The van der Waals surface area contributed by atoms with Crippen LogP contribution in [0.1, 0.15) is 41.0 Å². The highest BCUT2D eigenvalue weighted by Crippen LogP contribution is 2.21. The quantitative estimate of drug-likeness (QED) is 0.331. The number of nitrogens with one attached hydrogen (secondary N) is 1.